The molecule has 0 amide bonds. The van der Waals surface area contributed by atoms with Gasteiger partial charge in [-0.05, 0) is 72.5 Å². The van der Waals surface area contributed by atoms with Crippen LogP contribution in [0.2, 0.25) is 0 Å². The van der Waals surface area contributed by atoms with E-state index < -0.39 is 0 Å². The van der Waals surface area contributed by atoms with Gasteiger partial charge in [0.2, 0.25) is 0 Å². The Morgan fingerprint density at radius 1 is 0.800 bits per heavy atom. The van der Waals surface area contributed by atoms with E-state index in [0.29, 0.717) is 23.1 Å². The SMILES string of the molecule is N#CC1=CC=C(n2c3ccc(C#N)cc3c3cccc(-c4ccc5c(c4)N(c4ccccc4C#N)C4CCC=CC54)c32)CC#C1. The molecule has 5 aromatic rings. The average molecular weight is 576 g/mol. The minimum atomic E-state index is 0.247. The van der Waals surface area contributed by atoms with Crippen molar-refractivity contribution in [1.82, 2.24) is 4.57 Å². The van der Waals surface area contributed by atoms with Crippen molar-refractivity contribution in [2.24, 2.45) is 0 Å². The summed E-state index contributed by atoms with van der Waals surface area (Å²) in [5.41, 5.74) is 10.2. The first-order valence-corrected chi connectivity index (χ1v) is 15.1. The van der Waals surface area contributed by atoms with Crippen molar-refractivity contribution in [3.05, 3.63) is 125 Å². The van der Waals surface area contributed by atoms with Gasteiger partial charge >= 0.3 is 0 Å². The van der Waals surface area contributed by atoms with Gasteiger partial charge in [-0.2, -0.15) is 15.8 Å². The first-order chi connectivity index (χ1) is 22.2. The molecule has 5 nitrogen and oxygen atoms in total. The first-order valence-electron chi connectivity index (χ1n) is 15.1. The number of rotatable bonds is 3. The standard InChI is InChI=1S/C40H25N5/c41-23-26-7-5-9-30(18-15-26)44-38-20-16-27(24-42)21-35(38)34-12-6-11-31(40(34)44)28-17-19-33-32-10-2-4-14-37(32)45(39(33)22-28)36-13-3-1-8-29(36)25-43/h1-3,6,8,10-13,15-22,32,37H,4,9,14H2. The van der Waals surface area contributed by atoms with E-state index >= 15 is 0 Å². The Hall–Kier alpha value is -6.27. The van der Waals surface area contributed by atoms with E-state index in [4.69, 9.17) is 0 Å². The number of hydrogen-bond donors (Lipinski definition) is 0. The van der Waals surface area contributed by atoms with Crippen LogP contribution in [0.3, 0.4) is 0 Å². The van der Waals surface area contributed by atoms with Crippen LogP contribution in [0, 0.1) is 45.8 Å². The lowest BCUT2D eigenvalue weighted by molar-refractivity contribution is 0.565. The molecule has 4 aromatic carbocycles. The quantitative estimate of drug-likeness (QED) is 0.159. The summed E-state index contributed by atoms with van der Waals surface area (Å²) in [6.45, 7) is 0. The van der Waals surface area contributed by atoms with Crippen molar-refractivity contribution in [2.45, 2.75) is 31.2 Å². The van der Waals surface area contributed by atoms with Crippen LogP contribution in [0.5, 0.6) is 0 Å². The molecule has 210 valence electrons. The lowest BCUT2D eigenvalue weighted by atomic mass is 9.87. The van der Waals surface area contributed by atoms with Crippen LogP contribution in [-0.4, -0.2) is 10.6 Å². The average Bonchev–Trinajstić information content (AvgIpc) is 3.48. The highest BCUT2D eigenvalue weighted by molar-refractivity contribution is 6.15. The summed E-state index contributed by atoms with van der Waals surface area (Å²) in [5, 5.41) is 31.3. The summed E-state index contributed by atoms with van der Waals surface area (Å²) in [5.74, 6) is 6.41. The Bertz CT molecular complexity index is 2370. The molecule has 2 aliphatic carbocycles. The molecule has 0 N–H and O–H groups in total. The third kappa shape index (κ3) is 4.07. The molecule has 3 aliphatic rings. The minimum absolute atomic E-state index is 0.247. The molecule has 45 heavy (non-hydrogen) atoms. The normalized spacial score (nSPS) is 18.0. The Labute approximate surface area is 261 Å². The van der Waals surface area contributed by atoms with Crippen LogP contribution in [0.25, 0.3) is 38.6 Å². The van der Waals surface area contributed by atoms with E-state index in [2.05, 4.69) is 94.1 Å². The van der Waals surface area contributed by atoms with E-state index in [0.717, 1.165) is 62.8 Å². The van der Waals surface area contributed by atoms with E-state index in [-0.39, 0.29) is 12.0 Å². The molecule has 0 saturated carbocycles. The van der Waals surface area contributed by atoms with Crippen molar-refractivity contribution < 1.29 is 0 Å². The molecule has 2 atom stereocenters. The monoisotopic (exact) mass is 575 g/mol. The van der Waals surface area contributed by atoms with Gasteiger partial charge in [0.1, 0.15) is 17.7 Å². The molecule has 1 aliphatic heterocycles. The molecular formula is C40H25N5. The van der Waals surface area contributed by atoms with E-state index in [1.165, 1.54) is 5.56 Å². The van der Waals surface area contributed by atoms with Crippen molar-refractivity contribution in [1.29, 1.82) is 15.8 Å². The molecule has 1 aromatic heterocycles. The van der Waals surface area contributed by atoms with Crippen LogP contribution >= 0.6 is 0 Å². The molecular weight excluding hydrogens is 550 g/mol. The number of fused-ring (bicyclic) bond motifs is 6. The van der Waals surface area contributed by atoms with Crippen molar-refractivity contribution >= 4 is 38.9 Å². The number of nitrogens with zero attached hydrogens (tertiary/aromatic N) is 5. The second kappa shape index (κ2) is 10.5. The maximum Gasteiger partial charge on any atom is 0.108 e. The number of allylic oxidation sites excluding steroid dienone is 5. The van der Waals surface area contributed by atoms with Crippen LogP contribution < -0.4 is 4.90 Å². The molecule has 0 saturated heterocycles. The maximum atomic E-state index is 10.0. The lowest BCUT2D eigenvalue weighted by Gasteiger charge is -2.32. The summed E-state index contributed by atoms with van der Waals surface area (Å²) < 4.78 is 2.24. The summed E-state index contributed by atoms with van der Waals surface area (Å²) >= 11 is 0. The number of para-hydroxylation sites is 2. The number of anilines is 2. The molecule has 0 bridgehead atoms. The number of aromatic nitrogens is 1. The van der Waals surface area contributed by atoms with Crippen molar-refractivity contribution in [3.63, 3.8) is 0 Å². The van der Waals surface area contributed by atoms with Crippen LogP contribution in [0.1, 0.15) is 41.9 Å². The smallest absolute Gasteiger partial charge is 0.108 e. The largest absolute Gasteiger partial charge is 0.336 e. The van der Waals surface area contributed by atoms with E-state index in [9.17, 15) is 15.8 Å². The summed E-state index contributed by atoms with van der Waals surface area (Å²) in [7, 11) is 0. The fraction of sp³-hybridized carbons (Fsp3) is 0.125. The molecule has 5 heteroatoms. The number of benzene rings is 4. The highest BCUT2D eigenvalue weighted by Gasteiger charge is 2.39. The van der Waals surface area contributed by atoms with E-state index in [1.54, 1.807) is 6.08 Å². The number of hydrogen-bond acceptors (Lipinski definition) is 4. The number of nitriles is 3. The fourth-order valence-electron chi connectivity index (χ4n) is 7.28. The van der Waals surface area contributed by atoms with Crippen LogP contribution in [0.15, 0.2) is 109 Å². The Morgan fingerprint density at radius 3 is 2.58 bits per heavy atom. The van der Waals surface area contributed by atoms with Crippen LogP contribution in [-0.2, 0) is 0 Å². The highest BCUT2D eigenvalue weighted by atomic mass is 15.2. The zero-order valence-electron chi connectivity index (χ0n) is 24.3. The maximum absolute atomic E-state index is 10.0. The van der Waals surface area contributed by atoms with Gasteiger partial charge < -0.3 is 9.47 Å². The fourth-order valence-corrected chi connectivity index (χ4v) is 7.28. The first kappa shape index (κ1) is 26.4. The molecule has 2 unspecified atom stereocenters. The topological polar surface area (TPSA) is 79.5 Å². The van der Waals surface area contributed by atoms with Crippen molar-refractivity contribution in [2.75, 3.05) is 4.90 Å². The van der Waals surface area contributed by atoms with Gasteiger partial charge in [0.25, 0.3) is 0 Å². The minimum Gasteiger partial charge on any atom is -0.336 e. The van der Waals surface area contributed by atoms with Crippen molar-refractivity contribution in [3.8, 4) is 41.2 Å². The Morgan fingerprint density at radius 2 is 1.71 bits per heavy atom. The third-order valence-corrected chi connectivity index (χ3v) is 9.22. The Kier molecular flexibility index (Phi) is 6.13. The van der Waals surface area contributed by atoms with Gasteiger partial charge in [-0.25, -0.2) is 0 Å². The van der Waals surface area contributed by atoms with Gasteiger partial charge in [0.05, 0.1) is 40.3 Å². The van der Waals surface area contributed by atoms with Gasteiger partial charge in [0.15, 0.2) is 0 Å². The summed E-state index contributed by atoms with van der Waals surface area (Å²) in [4.78, 5) is 2.39. The highest BCUT2D eigenvalue weighted by Crippen LogP contribution is 2.51. The van der Waals surface area contributed by atoms with E-state index in [1.807, 2.05) is 42.5 Å². The Balaban J connectivity index is 1.39. The van der Waals surface area contributed by atoms with Gasteiger partial charge in [0, 0.05) is 39.7 Å². The van der Waals surface area contributed by atoms with Crippen LogP contribution in [0.4, 0.5) is 11.4 Å². The predicted molar refractivity (Wildman–Crippen MR) is 178 cm³/mol. The zero-order valence-corrected chi connectivity index (χ0v) is 24.3. The second-order valence-corrected chi connectivity index (χ2v) is 11.6. The van der Waals surface area contributed by atoms with Gasteiger partial charge in [-0.15, -0.1) is 0 Å². The molecule has 8 rings (SSSR count). The molecule has 0 fully saturated rings. The molecule has 0 radical (unpaired) electrons. The van der Waals surface area contributed by atoms with Gasteiger partial charge in [-0.3, -0.25) is 0 Å². The predicted octanol–water partition coefficient (Wildman–Crippen LogP) is 8.86. The molecule has 2 heterocycles. The molecule has 0 spiro atoms. The summed E-state index contributed by atoms with van der Waals surface area (Å²) in [6, 6.07) is 33.9. The zero-order chi connectivity index (χ0) is 30.5. The third-order valence-electron chi connectivity index (χ3n) is 9.22. The summed E-state index contributed by atoms with van der Waals surface area (Å²) in [6.07, 6.45) is 10.9. The van der Waals surface area contributed by atoms with Gasteiger partial charge in [-0.1, -0.05) is 66.5 Å². The lowest BCUT2D eigenvalue weighted by Crippen LogP contribution is -2.31. The second-order valence-electron chi connectivity index (χ2n) is 11.6.